The number of pyridine rings is 2. The number of carbonyl (C=O) groups excluding carboxylic acids is 2. The molecule has 1 aromatic carbocycles. The molecule has 1 unspecified atom stereocenters. The van der Waals surface area contributed by atoms with Gasteiger partial charge in [-0.25, -0.2) is 0 Å². The first kappa shape index (κ1) is 22.4. The molecule has 1 aliphatic heterocycles. The fourth-order valence-electron chi connectivity index (χ4n) is 3.82. The summed E-state index contributed by atoms with van der Waals surface area (Å²) in [6, 6.07) is 10.9. The number of methoxy groups -OCH3 is 1. The molecule has 6 nitrogen and oxygen atoms in total. The van der Waals surface area contributed by atoms with E-state index in [9.17, 15) is 9.59 Å². The Balaban J connectivity index is 0.00000272. The Morgan fingerprint density at radius 2 is 1.58 bits per heavy atom. The summed E-state index contributed by atoms with van der Waals surface area (Å²) in [5.74, 6) is 1.05. The van der Waals surface area contributed by atoms with Crippen molar-refractivity contribution < 1.29 is 19.1 Å². The van der Waals surface area contributed by atoms with E-state index in [1.54, 1.807) is 44.0 Å². The second kappa shape index (κ2) is 10.2. The summed E-state index contributed by atoms with van der Waals surface area (Å²) in [7, 11) is 1.57. The number of ether oxygens (including phenoxy) is 2. The van der Waals surface area contributed by atoms with Crippen LogP contribution in [0, 0.1) is 0 Å². The zero-order chi connectivity index (χ0) is 20.9. The summed E-state index contributed by atoms with van der Waals surface area (Å²) >= 11 is 0. The minimum Gasteiger partial charge on any atom is -0.493 e. The number of aromatic nitrogens is 2. The average Bonchev–Trinajstić information content (AvgIpc) is 3.18. The lowest BCUT2D eigenvalue weighted by atomic mass is 9.87. The van der Waals surface area contributed by atoms with Crippen LogP contribution in [0.25, 0.3) is 0 Å². The van der Waals surface area contributed by atoms with Crippen LogP contribution in [-0.2, 0) is 17.6 Å². The molecule has 31 heavy (non-hydrogen) atoms. The van der Waals surface area contributed by atoms with Crippen molar-refractivity contribution in [3.63, 3.8) is 0 Å². The predicted octanol–water partition coefficient (Wildman–Crippen LogP) is 4.01. The number of fused-ring (bicyclic) bond motifs is 1. The van der Waals surface area contributed by atoms with Gasteiger partial charge in [-0.05, 0) is 47.5 Å². The molecular weight excluding hydrogens is 416 g/mol. The van der Waals surface area contributed by atoms with Crippen molar-refractivity contribution in [1.29, 1.82) is 0 Å². The summed E-state index contributed by atoms with van der Waals surface area (Å²) in [6.45, 7) is 0.354. The Morgan fingerprint density at radius 3 is 2.19 bits per heavy atom. The van der Waals surface area contributed by atoms with Gasteiger partial charge >= 0.3 is 0 Å². The van der Waals surface area contributed by atoms with Crippen molar-refractivity contribution >= 4 is 24.0 Å². The molecule has 4 rings (SSSR count). The first-order valence-electron chi connectivity index (χ1n) is 9.82. The van der Waals surface area contributed by atoms with Gasteiger partial charge in [0.15, 0.2) is 17.3 Å². The smallest absolute Gasteiger partial charge is 0.167 e. The number of nitrogens with zero attached hydrogens (tertiary/aromatic N) is 2. The summed E-state index contributed by atoms with van der Waals surface area (Å²) in [5, 5.41) is 0. The van der Waals surface area contributed by atoms with Gasteiger partial charge in [0.25, 0.3) is 0 Å². The van der Waals surface area contributed by atoms with Crippen LogP contribution >= 0.6 is 12.4 Å². The summed E-state index contributed by atoms with van der Waals surface area (Å²) < 4.78 is 11.3. The molecule has 0 saturated heterocycles. The third kappa shape index (κ3) is 5.09. The molecule has 0 aliphatic carbocycles. The Morgan fingerprint density at radius 1 is 0.968 bits per heavy atom. The molecule has 1 atom stereocenters. The van der Waals surface area contributed by atoms with E-state index < -0.39 is 0 Å². The number of Topliss-reactive ketones (excluding diaryl/α,β-unsaturated/α-hetero) is 2. The monoisotopic (exact) mass is 438 g/mol. The first-order valence-corrected chi connectivity index (χ1v) is 9.82. The van der Waals surface area contributed by atoms with E-state index in [-0.39, 0.29) is 36.3 Å². The van der Waals surface area contributed by atoms with E-state index in [4.69, 9.17) is 9.47 Å². The quantitative estimate of drug-likeness (QED) is 0.494. The Hall–Kier alpha value is -3.25. The minimum atomic E-state index is -0.180. The van der Waals surface area contributed by atoms with Gasteiger partial charge in [0, 0.05) is 61.1 Å². The molecular formula is C24H23ClN2O4. The van der Waals surface area contributed by atoms with Crippen molar-refractivity contribution in [1.82, 2.24) is 9.97 Å². The van der Waals surface area contributed by atoms with Crippen molar-refractivity contribution in [3.8, 4) is 11.5 Å². The van der Waals surface area contributed by atoms with Crippen LogP contribution in [0.1, 0.15) is 39.4 Å². The fraction of sp³-hybridized carbons (Fsp3) is 0.250. The van der Waals surface area contributed by atoms with E-state index in [0.29, 0.717) is 36.5 Å². The highest BCUT2D eigenvalue weighted by atomic mass is 35.5. The molecule has 3 aromatic rings. The molecule has 0 spiro atoms. The Labute approximate surface area is 187 Å². The molecule has 0 radical (unpaired) electrons. The molecule has 1 aliphatic rings. The van der Waals surface area contributed by atoms with E-state index in [2.05, 4.69) is 9.97 Å². The third-order valence-corrected chi connectivity index (χ3v) is 5.26. The van der Waals surface area contributed by atoms with E-state index in [0.717, 1.165) is 16.7 Å². The van der Waals surface area contributed by atoms with Crippen LogP contribution < -0.4 is 9.47 Å². The number of hydrogen-bond acceptors (Lipinski definition) is 6. The number of rotatable bonds is 8. The average molecular weight is 439 g/mol. The lowest BCUT2D eigenvalue weighted by molar-refractivity contribution is -0.118. The van der Waals surface area contributed by atoms with Crippen molar-refractivity contribution in [2.45, 2.75) is 25.2 Å². The first-order chi connectivity index (χ1) is 14.7. The van der Waals surface area contributed by atoms with Crippen LogP contribution in [-0.4, -0.2) is 35.3 Å². The second-order valence-corrected chi connectivity index (χ2v) is 7.30. The van der Waals surface area contributed by atoms with Gasteiger partial charge in [-0.15, -0.1) is 12.4 Å². The molecule has 0 N–H and O–H groups in total. The molecule has 0 saturated carbocycles. The lowest BCUT2D eigenvalue weighted by Gasteiger charge is -2.14. The minimum absolute atomic E-state index is 0. The van der Waals surface area contributed by atoms with Crippen LogP contribution in [0.2, 0.25) is 0 Å². The SMILES string of the molecule is COc1ccc(C(=O)Cc2ccncc2)c2c1OCC2CC(=O)Cc1ccncc1.Cl. The standard InChI is InChI=1S/C24H22N2O4.ClH/c1-29-22-3-2-20(21(28)13-17-6-10-26-11-7-17)23-18(15-30-24(22)23)14-19(27)12-16-4-8-25-9-5-16;/h2-11,18H,12-15H2,1H3;1H. The van der Waals surface area contributed by atoms with Gasteiger partial charge in [0.05, 0.1) is 13.7 Å². The van der Waals surface area contributed by atoms with Crippen LogP contribution in [0.3, 0.4) is 0 Å². The van der Waals surface area contributed by atoms with Gasteiger partial charge < -0.3 is 9.47 Å². The van der Waals surface area contributed by atoms with Crippen LogP contribution in [0.5, 0.6) is 11.5 Å². The lowest BCUT2D eigenvalue weighted by Crippen LogP contribution is -2.14. The van der Waals surface area contributed by atoms with Crippen LogP contribution in [0.15, 0.2) is 61.2 Å². The van der Waals surface area contributed by atoms with Gasteiger partial charge in [0.2, 0.25) is 0 Å². The van der Waals surface area contributed by atoms with Gasteiger partial charge in [-0.2, -0.15) is 0 Å². The number of ketones is 2. The van der Waals surface area contributed by atoms with Gasteiger partial charge in [-0.1, -0.05) is 0 Å². The fourth-order valence-corrected chi connectivity index (χ4v) is 3.82. The zero-order valence-corrected chi connectivity index (χ0v) is 17.9. The third-order valence-electron chi connectivity index (χ3n) is 5.26. The zero-order valence-electron chi connectivity index (χ0n) is 17.1. The van der Waals surface area contributed by atoms with Crippen LogP contribution in [0.4, 0.5) is 0 Å². The number of benzene rings is 1. The summed E-state index contributed by atoms with van der Waals surface area (Å²) in [6.07, 6.45) is 7.60. The Bertz CT molecular complexity index is 1060. The van der Waals surface area contributed by atoms with E-state index in [1.807, 2.05) is 24.3 Å². The molecule has 0 fully saturated rings. The molecule has 0 amide bonds. The number of halogens is 1. The maximum Gasteiger partial charge on any atom is 0.167 e. The van der Waals surface area contributed by atoms with Crippen molar-refractivity contribution in [2.24, 2.45) is 0 Å². The largest absolute Gasteiger partial charge is 0.493 e. The number of hydrogen-bond donors (Lipinski definition) is 0. The molecule has 160 valence electrons. The number of carbonyl (C=O) groups is 2. The second-order valence-electron chi connectivity index (χ2n) is 7.30. The van der Waals surface area contributed by atoms with E-state index >= 15 is 0 Å². The van der Waals surface area contributed by atoms with Gasteiger partial charge in [0.1, 0.15) is 5.78 Å². The van der Waals surface area contributed by atoms with Gasteiger partial charge in [-0.3, -0.25) is 19.6 Å². The molecule has 2 aromatic heterocycles. The maximum absolute atomic E-state index is 13.1. The van der Waals surface area contributed by atoms with Crippen molar-refractivity contribution in [2.75, 3.05) is 13.7 Å². The topological polar surface area (TPSA) is 78.4 Å². The Kier molecular flexibility index (Phi) is 7.36. The molecule has 3 heterocycles. The molecule has 0 bridgehead atoms. The highest BCUT2D eigenvalue weighted by Gasteiger charge is 2.33. The summed E-state index contributed by atoms with van der Waals surface area (Å²) in [4.78, 5) is 33.8. The maximum atomic E-state index is 13.1. The predicted molar refractivity (Wildman–Crippen MR) is 118 cm³/mol. The van der Waals surface area contributed by atoms with E-state index in [1.165, 1.54) is 0 Å². The summed E-state index contributed by atoms with van der Waals surface area (Å²) in [5.41, 5.74) is 3.18. The highest BCUT2D eigenvalue weighted by Crippen LogP contribution is 2.45. The normalized spacial score (nSPS) is 14.2. The van der Waals surface area contributed by atoms with Crippen molar-refractivity contribution in [3.05, 3.63) is 83.4 Å². The highest BCUT2D eigenvalue weighted by molar-refractivity contribution is 6.00. The molecule has 7 heteroatoms.